The third kappa shape index (κ3) is 5.73. The predicted octanol–water partition coefficient (Wildman–Crippen LogP) is 20.7. The van der Waals surface area contributed by atoms with E-state index < -0.39 is 0 Å². The van der Waals surface area contributed by atoms with Gasteiger partial charge in [-0.15, -0.1) is 0 Å². The zero-order valence-corrected chi connectivity index (χ0v) is 42.5. The van der Waals surface area contributed by atoms with Crippen LogP contribution in [-0.4, -0.2) is 0 Å². The maximum atomic E-state index is 7.09. The molecule has 2 aliphatic rings. The van der Waals surface area contributed by atoms with Crippen molar-refractivity contribution in [2.24, 2.45) is 0 Å². The van der Waals surface area contributed by atoms with Crippen molar-refractivity contribution in [2.75, 3.05) is 0 Å². The van der Waals surface area contributed by atoms with Crippen molar-refractivity contribution in [2.45, 2.75) is 38.5 Å². The molecule has 4 heteroatoms. The maximum Gasteiger partial charge on any atom is 0.144 e. The first-order valence-electron chi connectivity index (χ1n) is 26.2. The highest BCUT2D eigenvalue weighted by Crippen LogP contribution is 2.61. The summed E-state index contributed by atoms with van der Waals surface area (Å²) in [4.78, 5) is 0. The minimum Gasteiger partial charge on any atom is -0.456 e. The molecule has 4 aromatic heterocycles. The van der Waals surface area contributed by atoms with Crippen LogP contribution in [0, 0.1) is 0 Å². The summed E-state index contributed by atoms with van der Waals surface area (Å²) in [6.07, 6.45) is 3.58. The van der Waals surface area contributed by atoms with Gasteiger partial charge in [0.15, 0.2) is 0 Å². The predicted molar refractivity (Wildman–Crippen MR) is 315 cm³/mol. The van der Waals surface area contributed by atoms with E-state index in [9.17, 15) is 0 Å². The topological polar surface area (TPSA) is 52.6 Å². The van der Waals surface area contributed by atoms with Crippen LogP contribution in [0.1, 0.15) is 61.3 Å². The molecule has 4 heterocycles. The summed E-state index contributed by atoms with van der Waals surface area (Å²) in [6, 6.07) is 66.0. The molecule has 0 amide bonds. The van der Waals surface area contributed by atoms with Crippen molar-refractivity contribution in [3.05, 3.63) is 229 Å². The number of hydrogen-bond acceptors (Lipinski definition) is 4. The smallest absolute Gasteiger partial charge is 0.144 e. The van der Waals surface area contributed by atoms with Crippen LogP contribution in [0.3, 0.4) is 0 Å². The van der Waals surface area contributed by atoms with Gasteiger partial charge in [-0.25, -0.2) is 0 Å². The standard InChI is InChI=1S/C72H48O4/c1-7-45-47-31-29-43(33-63(47)73-59(45)8-2)39-21-25-41(26-22-39)51-35-57-67(69-65(51)49-16-10-13-19-61(49)75-69)53-37-56-54(38-55(53)71(57,3)4)68-58(72(56,5)6)36-52(66-50-17-11-14-20-62(50)76-70(66)68)42-27-23-40(24-28-42)44-30-32-48-46-15-9-12-18-60(46)74-64(48)34-44/h7-38H,1-2H2,3-6H3. The normalized spacial score (nSPS) is 14.1. The third-order valence-electron chi connectivity index (χ3n) is 17.3. The molecule has 0 radical (unpaired) electrons. The lowest BCUT2D eigenvalue weighted by atomic mass is 9.78. The first-order valence-corrected chi connectivity index (χ1v) is 26.2. The van der Waals surface area contributed by atoms with Gasteiger partial charge in [-0.1, -0.05) is 162 Å². The van der Waals surface area contributed by atoms with Gasteiger partial charge in [0, 0.05) is 65.2 Å². The van der Waals surface area contributed by atoms with E-state index in [2.05, 4.69) is 211 Å². The first kappa shape index (κ1) is 43.1. The molecule has 0 saturated carbocycles. The molecule has 0 spiro atoms. The molecule has 76 heavy (non-hydrogen) atoms. The molecule has 0 unspecified atom stereocenters. The Balaban J connectivity index is 0.834. The minimum atomic E-state index is -0.356. The average molecular weight is 977 g/mol. The van der Waals surface area contributed by atoms with Crippen LogP contribution in [0.2, 0.25) is 0 Å². The fourth-order valence-corrected chi connectivity index (χ4v) is 13.4. The number of hydrogen-bond donors (Lipinski definition) is 0. The van der Waals surface area contributed by atoms with Crippen molar-refractivity contribution in [3.63, 3.8) is 0 Å². The van der Waals surface area contributed by atoms with Crippen molar-refractivity contribution in [1.82, 2.24) is 0 Å². The average Bonchev–Trinajstić information content (AvgIpc) is 4.49. The lowest BCUT2D eigenvalue weighted by Gasteiger charge is -2.24. The highest BCUT2D eigenvalue weighted by Gasteiger charge is 2.45. The molecular weight excluding hydrogens is 929 g/mol. The molecule has 0 bridgehead atoms. The van der Waals surface area contributed by atoms with Crippen molar-refractivity contribution < 1.29 is 17.7 Å². The Morgan fingerprint density at radius 3 is 1.21 bits per heavy atom. The lowest BCUT2D eigenvalue weighted by Crippen LogP contribution is -2.17. The van der Waals surface area contributed by atoms with Crippen molar-refractivity contribution in [1.29, 1.82) is 0 Å². The molecule has 2 aliphatic carbocycles. The quantitative estimate of drug-likeness (QED) is 0.167. The van der Waals surface area contributed by atoms with Crippen LogP contribution in [-0.2, 0) is 10.8 Å². The van der Waals surface area contributed by atoms with Crippen LogP contribution < -0.4 is 0 Å². The molecular formula is C72H48O4. The van der Waals surface area contributed by atoms with Gasteiger partial charge < -0.3 is 17.7 Å². The number of para-hydroxylation sites is 3. The Bertz CT molecular complexity index is 4880. The van der Waals surface area contributed by atoms with Crippen LogP contribution >= 0.6 is 0 Å². The fraction of sp³-hybridized carbons (Fsp3) is 0.0833. The van der Waals surface area contributed by atoms with E-state index in [1.807, 2.05) is 18.2 Å². The summed E-state index contributed by atoms with van der Waals surface area (Å²) in [5, 5.41) is 7.80. The third-order valence-corrected chi connectivity index (χ3v) is 17.3. The maximum absolute atomic E-state index is 7.09. The molecule has 0 atom stereocenters. The SMILES string of the molecule is C=Cc1oc2cc(-c3ccc(-c4cc5c(c6oc7ccccc7c46)-c4cc6c(cc4C5(C)C)-c4c(cc(-c5ccc(-c7ccc8c(c7)oc7ccccc78)cc5)c5c4oc4ccccc45)C6(C)C)cc3)ccc2c1C=C. The monoisotopic (exact) mass is 976 g/mol. The summed E-state index contributed by atoms with van der Waals surface area (Å²) >= 11 is 0. The van der Waals surface area contributed by atoms with Crippen molar-refractivity contribution in [3.8, 4) is 66.8 Å². The molecule has 16 rings (SSSR count). The minimum absolute atomic E-state index is 0.353. The van der Waals surface area contributed by atoms with Gasteiger partial charge in [0.05, 0.1) is 0 Å². The van der Waals surface area contributed by atoms with E-state index in [1.165, 1.54) is 50.1 Å². The van der Waals surface area contributed by atoms with E-state index in [-0.39, 0.29) is 10.8 Å². The van der Waals surface area contributed by atoms with Crippen LogP contribution in [0.4, 0.5) is 0 Å². The molecule has 0 fully saturated rings. The Labute approximate surface area is 438 Å². The summed E-state index contributed by atoms with van der Waals surface area (Å²) in [5.41, 5.74) is 25.5. The Morgan fingerprint density at radius 1 is 0.329 bits per heavy atom. The number of benzene rings is 10. The van der Waals surface area contributed by atoms with Gasteiger partial charge in [0.25, 0.3) is 0 Å². The Morgan fingerprint density at radius 2 is 0.724 bits per heavy atom. The highest BCUT2D eigenvalue weighted by molar-refractivity contribution is 6.20. The second kappa shape index (κ2) is 15.1. The Hall–Kier alpha value is -9.38. The molecule has 0 N–H and O–H groups in total. The summed E-state index contributed by atoms with van der Waals surface area (Å²) < 4.78 is 26.7. The van der Waals surface area contributed by atoms with E-state index in [0.717, 1.165) is 127 Å². The molecule has 0 aliphatic heterocycles. The van der Waals surface area contributed by atoms with Crippen LogP contribution in [0.5, 0.6) is 0 Å². The zero-order chi connectivity index (χ0) is 50.9. The van der Waals surface area contributed by atoms with Crippen LogP contribution in [0.15, 0.2) is 213 Å². The van der Waals surface area contributed by atoms with Gasteiger partial charge in [0.2, 0.25) is 0 Å². The number of furan rings is 4. The van der Waals surface area contributed by atoms with Gasteiger partial charge in [-0.2, -0.15) is 0 Å². The molecule has 14 aromatic rings. The summed E-state index contributed by atoms with van der Waals surface area (Å²) in [7, 11) is 0. The van der Waals surface area contributed by atoms with E-state index in [4.69, 9.17) is 17.7 Å². The lowest BCUT2D eigenvalue weighted by molar-refractivity contribution is 0.603. The van der Waals surface area contributed by atoms with E-state index >= 15 is 0 Å². The van der Waals surface area contributed by atoms with Crippen LogP contribution in [0.25, 0.3) is 156 Å². The van der Waals surface area contributed by atoms with E-state index in [0.29, 0.717) is 0 Å². The second-order valence-corrected chi connectivity index (χ2v) is 22.0. The number of fused-ring (bicyclic) bond motifs is 18. The first-order chi connectivity index (χ1) is 37.1. The number of rotatable bonds is 6. The highest BCUT2D eigenvalue weighted by atomic mass is 16.3. The molecule has 4 nitrogen and oxygen atoms in total. The molecule has 10 aromatic carbocycles. The van der Waals surface area contributed by atoms with E-state index in [1.54, 1.807) is 6.08 Å². The van der Waals surface area contributed by atoms with Crippen molar-refractivity contribution >= 4 is 88.9 Å². The largest absolute Gasteiger partial charge is 0.456 e. The van der Waals surface area contributed by atoms with Gasteiger partial charge in [-0.3, -0.25) is 0 Å². The fourth-order valence-electron chi connectivity index (χ4n) is 13.4. The van der Waals surface area contributed by atoms with Gasteiger partial charge >= 0.3 is 0 Å². The zero-order valence-electron chi connectivity index (χ0n) is 42.5. The van der Waals surface area contributed by atoms with Gasteiger partial charge in [0.1, 0.15) is 44.8 Å². The molecule has 0 saturated heterocycles. The summed E-state index contributed by atoms with van der Waals surface area (Å²) in [5.74, 6) is 0.736. The molecule has 360 valence electrons. The second-order valence-electron chi connectivity index (χ2n) is 22.0. The Kier molecular flexibility index (Phi) is 8.57. The summed E-state index contributed by atoms with van der Waals surface area (Å²) in [6.45, 7) is 17.5. The van der Waals surface area contributed by atoms with Gasteiger partial charge in [-0.05, 0) is 151 Å².